The summed E-state index contributed by atoms with van der Waals surface area (Å²) in [5.41, 5.74) is 0. The van der Waals surface area contributed by atoms with E-state index in [1.54, 1.807) is 7.05 Å². The van der Waals surface area contributed by atoms with Gasteiger partial charge < -0.3 is 29.6 Å². The number of nitrogens with zero attached hydrogens (tertiary/aromatic N) is 1. The first-order valence-corrected chi connectivity index (χ1v) is 7.38. The van der Waals surface area contributed by atoms with Crippen LogP contribution in [0.1, 0.15) is 6.92 Å². The SMILES string of the molecule is CCOCCNC(=NC)NCCOc1ccc2c(c1)OCO2.I. The van der Waals surface area contributed by atoms with Gasteiger partial charge in [0.2, 0.25) is 6.79 Å². The van der Waals surface area contributed by atoms with E-state index in [1.807, 2.05) is 25.1 Å². The highest BCUT2D eigenvalue weighted by Crippen LogP contribution is 2.34. The summed E-state index contributed by atoms with van der Waals surface area (Å²) in [5, 5.41) is 6.33. The number of guanidine groups is 1. The maximum absolute atomic E-state index is 5.66. The third kappa shape index (κ3) is 6.69. The van der Waals surface area contributed by atoms with Crippen LogP contribution in [-0.4, -0.2) is 52.7 Å². The van der Waals surface area contributed by atoms with E-state index in [0.717, 1.165) is 36.4 Å². The molecule has 0 aliphatic carbocycles. The number of aliphatic imine (C=N–C) groups is 1. The van der Waals surface area contributed by atoms with Gasteiger partial charge in [0.05, 0.1) is 13.2 Å². The van der Waals surface area contributed by atoms with Crippen molar-refractivity contribution >= 4 is 29.9 Å². The molecule has 0 radical (unpaired) electrons. The topological polar surface area (TPSA) is 73.3 Å². The summed E-state index contributed by atoms with van der Waals surface area (Å²) in [6.07, 6.45) is 0. The monoisotopic (exact) mass is 437 g/mol. The summed E-state index contributed by atoms with van der Waals surface area (Å²) in [7, 11) is 1.73. The van der Waals surface area contributed by atoms with Crippen LogP contribution >= 0.6 is 24.0 Å². The van der Waals surface area contributed by atoms with E-state index < -0.39 is 0 Å². The molecule has 0 atom stereocenters. The molecular formula is C15H24IN3O4. The normalized spacial score (nSPS) is 12.5. The minimum absolute atomic E-state index is 0. The smallest absolute Gasteiger partial charge is 0.231 e. The fourth-order valence-electron chi connectivity index (χ4n) is 1.91. The quantitative estimate of drug-likeness (QED) is 0.279. The summed E-state index contributed by atoms with van der Waals surface area (Å²) in [4.78, 5) is 4.12. The van der Waals surface area contributed by atoms with Crippen molar-refractivity contribution in [2.24, 2.45) is 4.99 Å². The maximum Gasteiger partial charge on any atom is 0.231 e. The van der Waals surface area contributed by atoms with Crippen LogP contribution in [0.15, 0.2) is 23.2 Å². The number of benzene rings is 1. The van der Waals surface area contributed by atoms with Gasteiger partial charge in [-0.15, -0.1) is 24.0 Å². The lowest BCUT2D eigenvalue weighted by atomic mass is 10.3. The number of hydrogen-bond acceptors (Lipinski definition) is 5. The number of hydrogen-bond donors (Lipinski definition) is 2. The summed E-state index contributed by atoms with van der Waals surface area (Å²) < 4.78 is 21.5. The summed E-state index contributed by atoms with van der Waals surface area (Å²) >= 11 is 0. The van der Waals surface area contributed by atoms with Crippen LogP contribution in [0.3, 0.4) is 0 Å². The van der Waals surface area contributed by atoms with Gasteiger partial charge in [0.25, 0.3) is 0 Å². The molecular weight excluding hydrogens is 413 g/mol. The Kier molecular flexibility index (Phi) is 9.53. The third-order valence-corrected chi connectivity index (χ3v) is 2.97. The molecule has 8 heteroatoms. The standard InChI is InChI=1S/C15H23N3O4.HI/c1-3-19-8-6-17-15(16-2)18-7-9-20-12-4-5-13-14(10-12)22-11-21-13;/h4-5,10H,3,6-9,11H2,1-2H3,(H2,16,17,18);1H. The van der Waals surface area contributed by atoms with Crippen LogP contribution in [0.2, 0.25) is 0 Å². The van der Waals surface area contributed by atoms with E-state index in [1.165, 1.54) is 0 Å². The van der Waals surface area contributed by atoms with Gasteiger partial charge in [-0.2, -0.15) is 0 Å². The van der Waals surface area contributed by atoms with Gasteiger partial charge in [0, 0.05) is 26.3 Å². The Morgan fingerprint density at radius 3 is 2.65 bits per heavy atom. The molecule has 1 heterocycles. The van der Waals surface area contributed by atoms with Crippen molar-refractivity contribution < 1.29 is 18.9 Å². The molecule has 0 fully saturated rings. The first-order valence-electron chi connectivity index (χ1n) is 7.38. The lowest BCUT2D eigenvalue weighted by Crippen LogP contribution is -2.40. The van der Waals surface area contributed by atoms with E-state index in [9.17, 15) is 0 Å². The lowest BCUT2D eigenvalue weighted by molar-refractivity contribution is 0.152. The van der Waals surface area contributed by atoms with Crippen molar-refractivity contribution in [2.75, 3.05) is 46.8 Å². The molecule has 0 saturated carbocycles. The fraction of sp³-hybridized carbons (Fsp3) is 0.533. The Hall–Kier alpha value is -1.42. The van der Waals surface area contributed by atoms with Crippen molar-refractivity contribution in [3.05, 3.63) is 18.2 Å². The molecule has 7 nitrogen and oxygen atoms in total. The number of ether oxygens (including phenoxy) is 4. The largest absolute Gasteiger partial charge is 0.492 e. The van der Waals surface area contributed by atoms with Gasteiger partial charge in [-0.05, 0) is 19.1 Å². The average molecular weight is 437 g/mol. The molecule has 0 saturated heterocycles. The zero-order valence-corrected chi connectivity index (χ0v) is 15.8. The Morgan fingerprint density at radius 1 is 1.17 bits per heavy atom. The van der Waals surface area contributed by atoms with Gasteiger partial charge in [0.1, 0.15) is 12.4 Å². The highest BCUT2D eigenvalue weighted by Gasteiger charge is 2.13. The third-order valence-electron chi connectivity index (χ3n) is 2.97. The van der Waals surface area contributed by atoms with Crippen molar-refractivity contribution in [1.29, 1.82) is 0 Å². The van der Waals surface area contributed by atoms with Gasteiger partial charge in [-0.1, -0.05) is 0 Å². The molecule has 130 valence electrons. The number of nitrogens with one attached hydrogen (secondary N) is 2. The van der Waals surface area contributed by atoms with Crippen LogP contribution in [0.25, 0.3) is 0 Å². The molecule has 0 bridgehead atoms. The van der Waals surface area contributed by atoms with E-state index in [4.69, 9.17) is 18.9 Å². The predicted octanol–water partition coefficient (Wildman–Crippen LogP) is 1.61. The molecule has 1 aromatic carbocycles. The van der Waals surface area contributed by atoms with Crippen molar-refractivity contribution in [3.63, 3.8) is 0 Å². The zero-order chi connectivity index (χ0) is 15.6. The van der Waals surface area contributed by atoms with E-state index in [0.29, 0.717) is 19.8 Å². The van der Waals surface area contributed by atoms with Crippen molar-refractivity contribution in [1.82, 2.24) is 10.6 Å². The highest BCUT2D eigenvalue weighted by molar-refractivity contribution is 14.0. The summed E-state index contributed by atoms with van der Waals surface area (Å²) in [5.74, 6) is 2.96. The number of fused-ring (bicyclic) bond motifs is 1. The van der Waals surface area contributed by atoms with E-state index in [2.05, 4.69) is 15.6 Å². The molecule has 2 rings (SSSR count). The highest BCUT2D eigenvalue weighted by atomic mass is 127. The molecule has 1 aliphatic heterocycles. The number of halogens is 1. The second-order valence-electron chi connectivity index (χ2n) is 4.49. The van der Waals surface area contributed by atoms with Gasteiger partial charge in [-0.25, -0.2) is 0 Å². The van der Waals surface area contributed by atoms with Gasteiger partial charge >= 0.3 is 0 Å². The molecule has 1 aliphatic rings. The molecule has 0 aromatic heterocycles. The fourth-order valence-corrected chi connectivity index (χ4v) is 1.91. The number of rotatable bonds is 8. The van der Waals surface area contributed by atoms with E-state index >= 15 is 0 Å². The van der Waals surface area contributed by atoms with Crippen LogP contribution in [0, 0.1) is 0 Å². The molecule has 2 N–H and O–H groups in total. The Bertz CT molecular complexity index is 500. The van der Waals surface area contributed by atoms with Crippen LogP contribution in [0.5, 0.6) is 17.2 Å². The predicted molar refractivity (Wildman–Crippen MR) is 99.3 cm³/mol. The maximum atomic E-state index is 5.66. The van der Waals surface area contributed by atoms with Gasteiger partial charge in [-0.3, -0.25) is 4.99 Å². The Labute approximate surface area is 153 Å². The lowest BCUT2D eigenvalue weighted by Gasteiger charge is -2.12. The molecule has 0 spiro atoms. The van der Waals surface area contributed by atoms with Crippen molar-refractivity contribution in [2.45, 2.75) is 6.92 Å². The van der Waals surface area contributed by atoms with Crippen molar-refractivity contribution in [3.8, 4) is 17.2 Å². The van der Waals surface area contributed by atoms with E-state index in [-0.39, 0.29) is 30.8 Å². The first-order chi connectivity index (χ1) is 10.8. The molecule has 0 amide bonds. The molecule has 1 aromatic rings. The minimum atomic E-state index is 0. The average Bonchev–Trinajstić information content (AvgIpc) is 3.01. The molecule has 0 unspecified atom stereocenters. The van der Waals surface area contributed by atoms with Crippen LogP contribution < -0.4 is 24.8 Å². The second-order valence-corrected chi connectivity index (χ2v) is 4.49. The summed E-state index contributed by atoms with van der Waals surface area (Å²) in [6, 6.07) is 5.54. The van der Waals surface area contributed by atoms with Crippen LogP contribution in [-0.2, 0) is 4.74 Å². The minimum Gasteiger partial charge on any atom is -0.492 e. The molecule has 23 heavy (non-hydrogen) atoms. The van der Waals surface area contributed by atoms with Gasteiger partial charge in [0.15, 0.2) is 17.5 Å². The summed E-state index contributed by atoms with van der Waals surface area (Å²) in [6.45, 7) is 5.50. The second kappa shape index (κ2) is 11.2. The van der Waals surface area contributed by atoms with Crippen LogP contribution in [0.4, 0.5) is 0 Å². The zero-order valence-electron chi connectivity index (χ0n) is 13.5. The Balaban J connectivity index is 0.00000264. The Morgan fingerprint density at radius 2 is 1.91 bits per heavy atom. The first kappa shape index (κ1) is 19.6.